The van der Waals surface area contributed by atoms with Crippen molar-refractivity contribution in [2.75, 3.05) is 0 Å². The molecule has 3 rings (SSSR count). The molecule has 0 saturated heterocycles. The van der Waals surface area contributed by atoms with Gasteiger partial charge in [-0.15, -0.1) is 0 Å². The third-order valence-corrected chi connectivity index (χ3v) is 6.93. The van der Waals surface area contributed by atoms with E-state index in [-0.39, 0.29) is 5.82 Å². The molecular formula is C32H40FN. The fourth-order valence-electron chi connectivity index (χ4n) is 4.59. The minimum absolute atomic E-state index is 0.136. The Balaban J connectivity index is 1.97. The second kappa shape index (κ2) is 11.6. The topological polar surface area (TPSA) is 12.9 Å². The Labute approximate surface area is 206 Å². The van der Waals surface area contributed by atoms with E-state index in [4.69, 9.17) is 0 Å². The molecule has 0 amide bonds. The number of aryl methyl sites for hydroxylation is 2. The first-order valence-corrected chi connectivity index (χ1v) is 12.6. The predicted octanol–water partition coefficient (Wildman–Crippen LogP) is 9.08. The molecule has 3 aromatic rings. The van der Waals surface area contributed by atoms with E-state index in [1.54, 1.807) is 6.07 Å². The number of aromatic nitrogens is 1. The molecule has 1 nitrogen and oxygen atoms in total. The van der Waals surface area contributed by atoms with Crippen molar-refractivity contribution in [2.45, 2.75) is 73.1 Å². The van der Waals surface area contributed by atoms with Gasteiger partial charge in [-0.25, -0.2) is 4.39 Å². The molecule has 0 saturated carbocycles. The van der Waals surface area contributed by atoms with Crippen LogP contribution in [-0.2, 0) is 12.8 Å². The lowest BCUT2D eigenvalue weighted by Gasteiger charge is -2.22. The number of pyridine rings is 1. The van der Waals surface area contributed by atoms with Gasteiger partial charge in [0.05, 0.1) is 0 Å². The number of nitrogens with zero attached hydrogens (tertiary/aromatic N) is 1. The Bertz CT molecular complexity index is 1130. The number of benzene rings is 2. The van der Waals surface area contributed by atoms with Gasteiger partial charge in [0.1, 0.15) is 5.82 Å². The third-order valence-electron chi connectivity index (χ3n) is 6.93. The third kappa shape index (κ3) is 6.65. The fourth-order valence-corrected chi connectivity index (χ4v) is 4.59. The van der Waals surface area contributed by atoms with Gasteiger partial charge in [0, 0.05) is 18.0 Å². The summed E-state index contributed by atoms with van der Waals surface area (Å²) in [6.07, 6.45) is 7.61. The van der Waals surface area contributed by atoms with Crippen molar-refractivity contribution in [2.24, 2.45) is 11.8 Å². The van der Waals surface area contributed by atoms with Crippen molar-refractivity contribution >= 4 is 0 Å². The summed E-state index contributed by atoms with van der Waals surface area (Å²) in [6, 6.07) is 14.5. The highest BCUT2D eigenvalue weighted by atomic mass is 19.1. The van der Waals surface area contributed by atoms with Gasteiger partial charge in [-0.2, -0.15) is 0 Å². The molecule has 0 spiro atoms. The summed E-state index contributed by atoms with van der Waals surface area (Å²) in [6.45, 7) is 17.4. The van der Waals surface area contributed by atoms with Crippen molar-refractivity contribution < 1.29 is 4.39 Å². The summed E-state index contributed by atoms with van der Waals surface area (Å²) in [7, 11) is 0. The number of hydrogen-bond acceptors (Lipinski definition) is 1. The minimum Gasteiger partial charge on any atom is -0.264 e. The Kier molecular flexibility index (Phi) is 8.83. The van der Waals surface area contributed by atoms with Crippen LogP contribution in [0.3, 0.4) is 0 Å². The lowest BCUT2D eigenvalue weighted by molar-refractivity contribution is 0.532. The highest BCUT2D eigenvalue weighted by molar-refractivity contribution is 5.68. The number of allylic oxidation sites excluding steroid dienone is 1. The Morgan fingerprint density at radius 1 is 0.971 bits per heavy atom. The van der Waals surface area contributed by atoms with Crippen LogP contribution in [-0.4, -0.2) is 4.98 Å². The zero-order chi connectivity index (χ0) is 24.8. The van der Waals surface area contributed by atoms with Crippen LogP contribution in [0.2, 0.25) is 0 Å². The molecule has 0 aliphatic heterocycles. The summed E-state index contributed by atoms with van der Waals surface area (Å²) in [5.74, 6) is 1.45. The number of rotatable bonds is 10. The molecule has 2 heteroatoms. The fraction of sp³-hybridized carbons (Fsp3) is 0.406. The zero-order valence-corrected chi connectivity index (χ0v) is 21.8. The van der Waals surface area contributed by atoms with Gasteiger partial charge in [0.15, 0.2) is 0 Å². The molecule has 2 aromatic carbocycles. The van der Waals surface area contributed by atoms with E-state index in [0.717, 1.165) is 31.2 Å². The van der Waals surface area contributed by atoms with Crippen molar-refractivity contribution in [1.82, 2.24) is 4.98 Å². The highest BCUT2D eigenvalue weighted by Gasteiger charge is 2.17. The predicted molar refractivity (Wildman–Crippen MR) is 144 cm³/mol. The van der Waals surface area contributed by atoms with Crippen molar-refractivity contribution in [1.29, 1.82) is 0 Å². The number of hydrogen-bond donors (Lipinski definition) is 0. The van der Waals surface area contributed by atoms with Crippen LogP contribution >= 0.6 is 0 Å². The summed E-state index contributed by atoms with van der Waals surface area (Å²) >= 11 is 0. The van der Waals surface area contributed by atoms with Gasteiger partial charge in [-0.1, -0.05) is 77.1 Å². The van der Waals surface area contributed by atoms with Crippen LogP contribution in [0.4, 0.5) is 4.39 Å². The maximum Gasteiger partial charge on any atom is 0.126 e. The van der Waals surface area contributed by atoms with Crippen molar-refractivity contribution in [3.8, 4) is 11.1 Å². The Morgan fingerprint density at radius 3 is 2.41 bits per heavy atom. The summed E-state index contributed by atoms with van der Waals surface area (Å²) in [4.78, 5) is 4.45. The molecule has 1 unspecified atom stereocenters. The second-order valence-corrected chi connectivity index (χ2v) is 10.6. The SMILES string of the molecule is C=C(CCc1ccncc1-c1ccc(C(C)C(C)C)c(Cc2ccc(C)c(F)c2)c1)CC(C)C. The van der Waals surface area contributed by atoms with Crippen LogP contribution in [0, 0.1) is 24.6 Å². The molecule has 1 heterocycles. The monoisotopic (exact) mass is 457 g/mol. The van der Waals surface area contributed by atoms with Gasteiger partial charge < -0.3 is 0 Å². The molecule has 1 atom stereocenters. The Morgan fingerprint density at radius 2 is 1.74 bits per heavy atom. The molecule has 0 fully saturated rings. The maximum atomic E-state index is 14.3. The van der Waals surface area contributed by atoms with Crippen molar-refractivity contribution in [3.63, 3.8) is 0 Å². The first-order valence-electron chi connectivity index (χ1n) is 12.6. The maximum absolute atomic E-state index is 14.3. The standard InChI is InChI=1S/C32H40FN/c1-21(2)16-23(5)8-11-27-14-15-34-20-31(27)28-12-13-30(25(7)22(3)4)29(19-28)17-26-10-9-24(6)32(33)18-26/h9-10,12-15,18-22,25H,5,8,11,16-17H2,1-4,6-7H3. The van der Waals surface area contributed by atoms with E-state index in [0.29, 0.717) is 23.3 Å². The lowest BCUT2D eigenvalue weighted by atomic mass is 9.83. The smallest absolute Gasteiger partial charge is 0.126 e. The van der Waals surface area contributed by atoms with E-state index >= 15 is 0 Å². The van der Waals surface area contributed by atoms with Crippen LogP contribution in [0.25, 0.3) is 11.1 Å². The molecule has 0 N–H and O–H groups in total. The molecule has 1 aromatic heterocycles. The zero-order valence-electron chi connectivity index (χ0n) is 21.8. The van der Waals surface area contributed by atoms with Gasteiger partial charge in [0.2, 0.25) is 0 Å². The molecule has 180 valence electrons. The van der Waals surface area contributed by atoms with Gasteiger partial charge in [-0.3, -0.25) is 4.98 Å². The first kappa shape index (κ1) is 25.9. The van der Waals surface area contributed by atoms with Crippen molar-refractivity contribution in [3.05, 3.63) is 101 Å². The molecule has 0 bridgehead atoms. The minimum atomic E-state index is -0.136. The van der Waals surface area contributed by atoms with E-state index < -0.39 is 0 Å². The Hall–Kier alpha value is -2.74. The molecule has 0 radical (unpaired) electrons. The highest BCUT2D eigenvalue weighted by Crippen LogP contribution is 2.33. The summed E-state index contributed by atoms with van der Waals surface area (Å²) < 4.78 is 14.3. The normalized spacial score (nSPS) is 12.4. The van der Waals surface area contributed by atoms with E-state index in [1.165, 1.54) is 33.4 Å². The van der Waals surface area contributed by atoms with Crippen LogP contribution in [0.15, 0.2) is 67.0 Å². The van der Waals surface area contributed by atoms with Gasteiger partial charge >= 0.3 is 0 Å². The van der Waals surface area contributed by atoms with Crippen LogP contribution < -0.4 is 0 Å². The molecular weight excluding hydrogens is 417 g/mol. The van der Waals surface area contributed by atoms with E-state index in [2.05, 4.69) is 70.4 Å². The van der Waals surface area contributed by atoms with Crippen LogP contribution in [0.5, 0.6) is 0 Å². The molecule has 0 aliphatic carbocycles. The quantitative estimate of drug-likeness (QED) is 0.277. The van der Waals surface area contributed by atoms with Gasteiger partial charge in [0.25, 0.3) is 0 Å². The first-order chi connectivity index (χ1) is 16.2. The number of halogens is 1. The van der Waals surface area contributed by atoms with E-state index in [9.17, 15) is 4.39 Å². The van der Waals surface area contributed by atoms with Crippen LogP contribution in [0.1, 0.15) is 81.2 Å². The summed E-state index contributed by atoms with van der Waals surface area (Å²) in [5.41, 5.74) is 9.27. The average molecular weight is 458 g/mol. The summed E-state index contributed by atoms with van der Waals surface area (Å²) in [5, 5.41) is 0. The lowest BCUT2D eigenvalue weighted by Crippen LogP contribution is -2.07. The molecule has 34 heavy (non-hydrogen) atoms. The average Bonchev–Trinajstić information content (AvgIpc) is 2.79. The van der Waals surface area contributed by atoms with Gasteiger partial charge in [-0.05, 0) is 95.9 Å². The second-order valence-electron chi connectivity index (χ2n) is 10.6. The largest absolute Gasteiger partial charge is 0.264 e. The molecule has 0 aliphatic rings. The van der Waals surface area contributed by atoms with E-state index in [1.807, 2.05) is 31.5 Å².